The molecule has 1 aliphatic rings. The van der Waals surface area contributed by atoms with Gasteiger partial charge in [0.25, 0.3) is 0 Å². The summed E-state index contributed by atoms with van der Waals surface area (Å²) >= 11 is 2.89. The molecule has 31 heavy (non-hydrogen) atoms. The van der Waals surface area contributed by atoms with Crippen LogP contribution in [0.2, 0.25) is 0 Å². The van der Waals surface area contributed by atoms with Gasteiger partial charge in [-0.3, -0.25) is 4.79 Å². The Hall–Kier alpha value is -2.37. The highest BCUT2D eigenvalue weighted by Crippen LogP contribution is 2.40. The van der Waals surface area contributed by atoms with Gasteiger partial charge >= 0.3 is 5.97 Å². The summed E-state index contributed by atoms with van der Waals surface area (Å²) in [6, 6.07) is 5.81. The van der Waals surface area contributed by atoms with E-state index in [0.717, 1.165) is 35.4 Å². The van der Waals surface area contributed by atoms with E-state index in [9.17, 15) is 14.9 Å². The van der Waals surface area contributed by atoms with Gasteiger partial charge in [0.05, 0.1) is 18.2 Å². The maximum Gasteiger partial charge on any atom is 0.341 e. The summed E-state index contributed by atoms with van der Waals surface area (Å²) in [6.07, 6.45) is 3.03. The molecule has 164 valence electrons. The maximum absolute atomic E-state index is 12.6. The topological polar surface area (TPSA) is 92.1 Å². The van der Waals surface area contributed by atoms with Crippen LogP contribution in [-0.4, -0.2) is 29.7 Å². The number of nitriles is 1. The standard InChI is InChI=1S/C23H27N3O3S2/c1-13(2)17-8-6-15(12-24)21(25-17)30-10-9-19(27)26-22-20(23(28)29-4)16-7-5-14(3)11-18(16)31-22/h6,8,13-14H,5,7,9-11H2,1-4H3,(H,26,27). The number of carbonyl (C=O) groups is 2. The van der Waals surface area contributed by atoms with Crippen LogP contribution in [0.15, 0.2) is 17.2 Å². The van der Waals surface area contributed by atoms with Gasteiger partial charge in [0, 0.05) is 22.7 Å². The van der Waals surface area contributed by atoms with E-state index in [4.69, 9.17) is 4.74 Å². The van der Waals surface area contributed by atoms with E-state index in [1.165, 1.54) is 30.2 Å². The number of nitrogens with zero attached hydrogens (tertiary/aromatic N) is 2. The van der Waals surface area contributed by atoms with Crippen LogP contribution in [0.25, 0.3) is 0 Å². The number of rotatable bonds is 7. The molecule has 0 aliphatic heterocycles. The Bertz CT molecular complexity index is 1020. The lowest BCUT2D eigenvalue weighted by molar-refractivity contribution is -0.115. The fourth-order valence-electron chi connectivity index (χ4n) is 3.56. The Kier molecular flexibility index (Phi) is 7.74. The van der Waals surface area contributed by atoms with Crippen molar-refractivity contribution in [2.45, 2.75) is 57.4 Å². The third-order valence-corrected chi connectivity index (χ3v) is 7.48. The number of esters is 1. The Labute approximate surface area is 191 Å². The highest BCUT2D eigenvalue weighted by atomic mass is 32.2. The Morgan fingerprint density at radius 3 is 2.87 bits per heavy atom. The van der Waals surface area contributed by atoms with Crippen LogP contribution in [0.5, 0.6) is 0 Å². The van der Waals surface area contributed by atoms with Crippen molar-refractivity contribution in [2.75, 3.05) is 18.2 Å². The number of fused-ring (bicyclic) bond motifs is 1. The van der Waals surface area contributed by atoms with Gasteiger partial charge in [0.15, 0.2) is 0 Å². The minimum atomic E-state index is -0.398. The number of carbonyl (C=O) groups excluding carboxylic acids is 2. The number of pyridine rings is 1. The van der Waals surface area contributed by atoms with Crippen molar-refractivity contribution in [1.29, 1.82) is 5.26 Å². The molecule has 2 aromatic heterocycles. The molecule has 0 saturated heterocycles. The molecular weight excluding hydrogens is 430 g/mol. The zero-order chi connectivity index (χ0) is 22.5. The average molecular weight is 458 g/mol. The summed E-state index contributed by atoms with van der Waals surface area (Å²) in [4.78, 5) is 30.7. The zero-order valence-electron chi connectivity index (χ0n) is 18.3. The molecule has 2 aromatic rings. The van der Waals surface area contributed by atoms with E-state index in [-0.39, 0.29) is 18.2 Å². The second kappa shape index (κ2) is 10.3. The fourth-order valence-corrected chi connectivity index (χ4v) is 5.89. The van der Waals surface area contributed by atoms with Crippen LogP contribution in [0.3, 0.4) is 0 Å². The van der Waals surface area contributed by atoms with E-state index in [0.29, 0.717) is 32.8 Å². The molecule has 0 fully saturated rings. The minimum absolute atomic E-state index is 0.164. The van der Waals surface area contributed by atoms with Gasteiger partial charge in [-0.15, -0.1) is 23.1 Å². The Morgan fingerprint density at radius 1 is 1.42 bits per heavy atom. The lowest BCUT2D eigenvalue weighted by Gasteiger charge is -2.18. The number of hydrogen-bond acceptors (Lipinski definition) is 7. The molecule has 0 saturated carbocycles. The summed E-state index contributed by atoms with van der Waals surface area (Å²) in [7, 11) is 1.37. The molecule has 0 aromatic carbocycles. The van der Waals surface area contributed by atoms with Gasteiger partial charge in [-0.05, 0) is 48.8 Å². The number of methoxy groups -OCH3 is 1. The molecule has 0 radical (unpaired) electrons. The van der Waals surface area contributed by atoms with Gasteiger partial charge in [0.1, 0.15) is 16.1 Å². The molecule has 1 aliphatic carbocycles. The van der Waals surface area contributed by atoms with Crippen LogP contribution in [0.1, 0.15) is 71.6 Å². The molecule has 1 N–H and O–H groups in total. The fraction of sp³-hybridized carbons (Fsp3) is 0.478. The average Bonchev–Trinajstić information content (AvgIpc) is 3.09. The monoisotopic (exact) mass is 457 g/mol. The third kappa shape index (κ3) is 5.46. The number of thiophene rings is 1. The van der Waals surface area contributed by atoms with E-state index in [2.05, 4.69) is 37.1 Å². The number of amides is 1. The SMILES string of the molecule is COC(=O)c1c(NC(=O)CCSc2nc(C(C)C)ccc2C#N)sc2c1CCC(C)C2. The third-order valence-electron chi connectivity index (χ3n) is 5.32. The first-order valence-electron chi connectivity index (χ1n) is 10.4. The van der Waals surface area contributed by atoms with Crippen molar-refractivity contribution in [3.05, 3.63) is 39.4 Å². The number of hydrogen-bond donors (Lipinski definition) is 1. The molecule has 0 bridgehead atoms. The highest BCUT2D eigenvalue weighted by Gasteiger charge is 2.28. The van der Waals surface area contributed by atoms with Crippen LogP contribution in [-0.2, 0) is 22.4 Å². The number of anilines is 1. The first-order chi connectivity index (χ1) is 14.8. The van der Waals surface area contributed by atoms with E-state index in [1.54, 1.807) is 6.07 Å². The summed E-state index contributed by atoms with van der Waals surface area (Å²) in [5, 5.41) is 13.5. The normalized spacial score (nSPS) is 15.3. The van der Waals surface area contributed by atoms with Gasteiger partial charge < -0.3 is 10.1 Å². The lowest BCUT2D eigenvalue weighted by Crippen LogP contribution is -2.16. The molecule has 1 unspecified atom stereocenters. The quantitative estimate of drug-likeness (QED) is 0.455. The minimum Gasteiger partial charge on any atom is -0.465 e. The number of thioether (sulfide) groups is 1. The molecule has 6 nitrogen and oxygen atoms in total. The summed E-state index contributed by atoms with van der Waals surface area (Å²) < 4.78 is 4.98. The Morgan fingerprint density at radius 2 is 2.19 bits per heavy atom. The van der Waals surface area contributed by atoms with Crippen molar-refractivity contribution in [3.8, 4) is 6.07 Å². The van der Waals surface area contributed by atoms with Gasteiger partial charge in [-0.2, -0.15) is 5.26 Å². The summed E-state index contributed by atoms with van der Waals surface area (Å²) in [5.41, 5.74) is 2.97. The highest BCUT2D eigenvalue weighted by molar-refractivity contribution is 7.99. The number of ether oxygens (including phenoxy) is 1. The molecule has 8 heteroatoms. The molecular formula is C23H27N3O3S2. The molecule has 2 heterocycles. The van der Waals surface area contributed by atoms with Crippen molar-refractivity contribution in [3.63, 3.8) is 0 Å². The lowest BCUT2D eigenvalue weighted by atomic mass is 9.88. The summed E-state index contributed by atoms with van der Waals surface area (Å²) in [6.45, 7) is 6.31. The maximum atomic E-state index is 12.6. The van der Waals surface area contributed by atoms with Gasteiger partial charge in [0.2, 0.25) is 5.91 Å². The van der Waals surface area contributed by atoms with Crippen LogP contribution < -0.4 is 5.32 Å². The second-order valence-corrected chi connectivity index (χ2v) is 10.2. The van der Waals surface area contributed by atoms with Gasteiger partial charge in [-0.1, -0.05) is 20.8 Å². The number of aromatic nitrogens is 1. The molecule has 1 amide bonds. The smallest absolute Gasteiger partial charge is 0.341 e. The Balaban J connectivity index is 1.68. The van der Waals surface area contributed by atoms with Crippen molar-refractivity contribution >= 4 is 40.0 Å². The predicted octanol–water partition coefficient (Wildman–Crippen LogP) is 5.17. The largest absolute Gasteiger partial charge is 0.465 e. The molecule has 3 rings (SSSR count). The number of nitrogens with one attached hydrogen (secondary N) is 1. The van der Waals surface area contributed by atoms with Crippen molar-refractivity contribution < 1.29 is 14.3 Å². The predicted molar refractivity (Wildman–Crippen MR) is 124 cm³/mol. The van der Waals surface area contributed by atoms with Crippen molar-refractivity contribution in [2.24, 2.45) is 5.92 Å². The second-order valence-electron chi connectivity index (χ2n) is 8.05. The zero-order valence-corrected chi connectivity index (χ0v) is 19.9. The van der Waals surface area contributed by atoms with Crippen LogP contribution >= 0.6 is 23.1 Å². The van der Waals surface area contributed by atoms with Crippen LogP contribution in [0, 0.1) is 17.2 Å². The van der Waals surface area contributed by atoms with E-state index < -0.39 is 5.97 Å². The molecule has 0 spiro atoms. The van der Waals surface area contributed by atoms with Gasteiger partial charge in [-0.25, -0.2) is 9.78 Å². The van der Waals surface area contributed by atoms with Crippen LogP contribution in [0.4, 0.5) is 5.00 Å². The van der Waals surface area contributed by atoms with E-state index in [1.807, 2.05) is 6.07 Å². The summed E-state index contributed by atoms with van der Waals surface area (Å²) in [5.74, 6) is 0.762. The first kappa shape index (κ1) is 23.3. The molecule has 1 atom stereocenters. The first-order valence-corrected chi connectivity index (χ1v) is 12.2. The van der Waals surface area contributed by atoms with Crippen molar-refractivity contribution in [1.82, 2.24) is 4.98 Å². The van der Waals surface area contributed by atoms with E-state index >= 15 is 0 Å².